The van der Waals surface area contributed by atoms with Gasteiger partial charge in [0.1, 0.15) is 6.54 Å². The van der Waals surface area contributed by atoms with Gasteiger partial charge in [0.15, 0.2) is 4.80 Å². The molecule has 3 aromatic rings. The highest BCUT2D eigenvalue weighted by atomic mass is 32.2. The molecule has 2 aromatic carbocycles. The molecule has 2 heterocycles. The maximum atomic E-state index is 13.0. The fraction of sp³-hybridized carbons (Fsp3) is 0.375. The smallest absolute Gasteiger partial charge is 0.326 e. The first-order chi connectivity index (χ1) is 16.4. The monoisotopic (exact) mass is 501 g/mol. The molecule has 0 N–H and O–H groups in total. The van der Waals surface area contributed by atoms with Gasteiger partial charge in [-0.25, -0.2) is 8.42 Å². The first kappa shape index (κ1) is 24.3. The normalized spacial score (nSPS) is 15.9. The van der Waals surface area contributed by atoms with E-state index in [0.717, 1.165) is 35.9 Å². The van der Waals surface area contributed by atoms with Crippen molar-refractivity contribution in [1.29, 1.82) is 0 Å². The Morgan fingerprint density at radius 1 is 1.00 bits per heavy atom. The lowest BCUT2D eigenvalue weighted by Gasteiger charge is -2.19. The second-order valence-electron chi connectivity index (χ2n) is 8.00. The zero-order valence-corrected chi connectivity index (χ0v) is 20.6. The van der Waals surface area contributed by atoms with Gasteiger partial charge in [0.05, 0.1) is 21.7 Å². The average Bonchev–Trinajstić information content (AvgIpc) is 3.00. The number of hydrogen-bond donors (Lipinski definition) is 0. The summed E-state index contributed by atoms with van der Waals surface area (Å²) >= 11 is 1.30. The molecule has 0 atom stereocenters. The molecule has 0 aliphatic carbocycles. The van der Waals surface area contributed by atoms with Crippen LogP contribution in [0, 0.1) is 0 Å². The van der Waals surface area contributed by atoms with Gasteiger partial charge < -0.3 is 9.30 Å². The van der Waals surface area contributed by atoms with E-state index in [2.05, 4.69) is 4.99 Å². The lowest BCUT2D eigenvalue weighted by atomic mass is 10.2. The largest absolute Gasteiger partial charge is 0.465 e. The van der Waals surface area contributed by atoms with Crippen molar-refractivity contribution in [2.24, 2.45) is 4.99 Å². The van der Waals surface area contributed by atoms with Crippen LogP contribution in [-0.4, -0.2) is 48.9 Å². The van der Waals surface area contributed by atoms with Gasteiger partial charge >= 0.3 is 5.97 Å². The van der Waals surface area contributed by atoms with Gasteiger partial charge in [-0.3, -0.25) is 9.59 Å². The molecule has 8 nitrogen and oxygen atoms in total. The number of rotatable bonds is 6. The van der Waals surface area contributed by atoms with E-state index >= 15 is 0 Å². The molecule has 1 aliphatic heterocycles. The van der Waals surface area contributed by atoms with E-state index in [9.17, 15) is 18.0 Å². The van der Waals surface area contributed by atoms with Gasteiger partial charge in [-0.2, -0.15) is 9.30 Å². The molecule has 4 rings (SSSR count). The molecular formula is C24H27N3O5S2. The summed E-state index contributed by atoms with van der Waals surface area (Å²) in [7, 11) is -3.59. The van der Waals surface area contributed by atoms with E-state index in [1.807, 2.05) is 24.3 Å². The Balaban J connectivity index is 1.62. The van der Waals surface area contributed by atoms with E-state index in [0.29, 0.717) is 17.9 Å². The highest BCUT2D eigenvalue weighted by Crippen LogP contribution is 2.21. The van der Waals surface area contributed by atoms with Crippen LogP contribution in [0.25, 0.3) is 10.2 Å². The number of esters is 1. The van der Waals surface area contributed by atoms with E-state index in [4.69, 9.17) is 4.74 Å². The van der Waals surface area contributed by atoms with Crippen molar-refractivity contribution in [1.82, 2.24) is 8.87 Å². The Kier molecular flexibility index (Phi) is 7.60. The van der Waals surface area contributed by atoms with Crippen molar-refractivity contribution in [2.75, 3.05) is 19.7 Å². The van der Waals surface area contributed by atoms with Crippen LogP contribution in [0.1, 0.15) is 43.0 Å². The van der Waals surface area contributed by atoms with Gasteiger partial charge in [0.25, 0.3) is 5.91 Å². The Hall–Kier alpha value is -2.82. The van der Waals surface area contributed by atoms with Gasteiger partial charge in [-0.15, -0.1) is 0 Å². The molecule has 10 heteroatoms. The molecule has 0 spiro atoms. The number of aromatic nitrogens is 1. The fourth-order valence-corrected chi connectivity index (χ4v) is 6.49. The number of benzene rings is 2. The summed E-state index contributed by atoms with van der Waals surface area (Å²) in [4.78, 5) is 29.8. The number of ether oxygens (including phenoxy) is 1. The van der Waals surface area contributed by atoms with Crippen molar-refractivity contribution in [2.45, 2.75) is 44.0 Å². The van der Waals surface area contributed by atoms with E-state index in [1.165, 1.54) is 39.9 Å². The van der Waals surface area contributed by atoms with Crippen molar-refractivity contribution in [3.05, 3.63) is 58.9 Å². The van der Waals surface area contributed by atoms with E-state index in [-0.39, 0.29) is 23.6 Å². The van der Waals surface area contributed by atoms with Crippen LogP contribution in [0.3, 0.4) is 0 Å². The predicted octanol–water partition coefficient (Wildman–Crippen LogP) is 3.57. The summed E-state index contributed by atoms with van der Waals surface area (Å²) in [5.74, 6) is -0.925. The number of thiazole rings is 1. The molecule has 1 saturated heterocycles. The van der Waals surface area contributed by atoms with Crippen LogP contribution in [0.15, 0.2) is 58.4 Å². The highest BCUT2D eigenvalue weighted by Gasteiger charge is 2.25. The third-order valence-corrected chi connectivity index (χ3v) is 8.65. The third-order valence-electron chi connectivity index (χ3n) is 5.68. The van der Waals surface area contributed by atoms with Crippen LogP contribution >= 0.6 is 11.3 Å². The molecule has 180 valence electrons. The quantitative estimate of drug-likeness (QED) is 0.481. The average molecular weight is 502 g/mol. The summed E-state index contributed by atoms with van der Waals surface area (Å²) < 4.78 is 35.1. The molecule has 0 unspecified atom stereocenters. The minimum Gasteiger partial charge on any atom is -0.465 e. The SMILES string of the molecule is CCOC(=O)Cn1c(=NC(=O)c2ccc(S(=O)(=O)N3CCCCCC3)cc2)sc2ccccc21. The second-order valence-corrected chi connectivity index (χ2v) is 11.0. The molecular weight excluding hydrogens is 474 g/mol. The Morgan fingerprint density at radius 2 is 1.68 bits per heavy atom. The van der Waals surface area contributed by atoms with Crippen molar-refractivity contribution in [3.8, 4) is 0 Å². The highest BCUT2D eigenvalue weighted by molar-refractivity contribution is 7.89. The number of nitrogens with zero attached hydrogens (tertiary/aromatic N) is 3. The van der Waals surface area contributed by atoms with Crippen molar-refractivity contribution >= 4 is 43.5 Å². The first-order valence-corrected chi connectivity index (χ1v) is 13.6. The molecule has 1 amide bonds. The lowest BCUT2D eigenvalue weighted by Crippen LogP contribution is -2.31. The molecule has 0 saturated carbocycles. The fourth-order valence-electron chi connectivity index (χ4n) is 3.95. The van der Waals surface area contributed by atoms with Crippen molar-refractivity contribution in [3.63, 3.8) is 0 Å². The zero-order chi connectivity index (χ0) is 24.1. The minimum absolute atomic E-state index is 0.0585. The maximum absolute atomic E-state index is 13.0. The van der Waals surface area contributed by atoms with Gasteiger partial charge in [0, 0.05) is 18.7 Å². The van der Waals surface area contributed by atoms with Crippen LogP contribution in [0.2, 0.25) is 0 Å². The van der Waals surface area contributed by atoms with E-state index in [1.54, 1.807) is 11.5 Å². The van der Waals surface area contributed by atoms with Gasteiger partial charge in [-0.1, -0.05) is 36.3 Å². The lowest BCUT2D eigenvalue weighted by molar-refractivity contribution is -0.143. The van der Waals surface area contributed by atoms with Crippen molar-refractivity contribution < 1.29 is 22.7 Å². The zero-order valence-electron chi connectivity index (χ0n) is 19.0. The number of hydrogen-bond acceptors (Lipinski definition) is 6. The molecule has 0 bridgehead atoms. The van der Waals surface area contributed by atoms with Crippen LogP contribution in [0.5, 0.6) is 0 Å². The summed E-state index contributed by atoms with van der Waals surface area (Å²) in [5, 5.41) is 0. The number of sulfonamides is 1. The second kappa shape index (κ2) is 10.6. The number of fused-ring (bicyclic) bond motifs is 1. The number of carbonyl (C=O) groups is 2. The van der Waals surface area contributed by atoms with Crippen LogP contribution < -0.4 is 4.80 Å². The minimum atomic E-state index is -3.59. The Labute approximate surface area is 202 Å². The summed E-state index contributed by atoms with van der Waals surface area (Å²) in [6.45, 7) is 2.98. The Bertz CT molecular complexity index is 1350. The molecule has 34 heavy (non-hydrogen) atoms. The van der Waals surface area contributed by atoms with Gasteiger partial charge in [-0.05, 0) is 56.2 Å². The number of carbonyl (C=O) groups excluding carboxylic acids is 2. The number of para-hydroxylation sites is 1. The summed E-state index contributed by atoms with van der Waals surface area (Å²) in [5.41, 5.74) is 1.06. The molecule has 1 aromatic heterocycles. The maximum Gasteiger partial charge on any atom is 0.326 e. The van der Waals surface area contributed by atoms with E-state index < -0.39 is 21.9 Å². The predicted molar refractivity (Wildman–Crippen MR) is 130 cm³/mol. The first-order valence-electron chi connectivity index (χ1n) is 11.3. The molecule has 0 radical (unpaired) electrons. The summed E-state index contributed by atoms with van der Waals surface area (Å²) in [6.07, 6.45) is 3.79. The van der Waals surface area contributed by atoms with Gasteiger partial charge in [0.2, 0.25) is 10.0 Å². The van der Waals surface area contributed by atoms with Crippen LogP contribution in [-0.2, 0) is 26.1 Å². The third kappa shape index (κ3) is 5.29. The molecule has 1 aliphatic rings. The summed E-state index contributed by atoms with van der Waals surface area (Å²) in [6, 6.07) is 13.4. The molecule has 1 fully saturated rings. The topological polar surface area (TPSA) is 98.0 Å². The number of amides is 1. The standard InChI is InChI=1S/C24H27N3O5S2/c1-2-32-22(28)17-27-20-9-5-6-10-21(20)33-24(27)25-23(29)18-11-13-19(14-12-18)34(30,31)26-15-7-3-4-8-16-26/h5-6,9-14H,2-4,7-8,15-17H2,1H3. The van der Waals surface area contributed by atoms with Crippen LogP contribution in [0.4, 0.5) is 0 Å². The Morgan fingerprint density at radius 3 is 2.35 bits per heavy atom.